The molecule has 0 atom stereocenters. The highest BCUT2D eigenvalue weighted by Gasteiger charge is 2.06. The highest BCUT2D eigenvalue weighted by atomic mass is 16.5. The number of aromatic nitrogens is 2. The van der Waals surface area contributed by atoms with Gasteiger partial charge in [-0.25, -0.2) is 0 Å². The van der Waals surface area contributed by atoms with E-state index in [1.807, 2.05) is 38.1 Å². The maximum absolute atomic E-state index is 12.0. The second kappa shape index (κ2) is 6.74. The second-order valence-electron chi connectivity index (χ2n) is 4.77. The van der Waals surface area contributed by atoms with Crippen LogP contribution in [0.2, 0.25) is 0 Å². The number of nitrogens with one attached hydrogen (secondary N) is 2. The van der Waals surface area contributed by atoms with Gasteiger partial charge in [-0.3, -0.25) is 9.89 Å². The van der Waals surface area contributed by atoms with Crippen LogP contribution in [0.5, 0.6) is 5.75 Å². The van der Waals surface area contributed by atoms with E-state index in [1.54, 1.807) is 19.4 Å². The normalized spacial score (nSPS) is 11.3. The van der Waals surface area contributed by atoms with Gasteiger partial charge >= 0.3 is 0 Å². The largest absolute Gasteiger partial charge is 0.496 e. The summed E-state index contributed by atoms with van der Waals surface area (Å²) in [5, 5.41) is 9.61. The molecule has 0 bridgehead atoms. The van der Waals surface area contributed by atoms with Crippen LogP contribution in [0.25, 0.3) is 5.57 Å². The van der Waals surface area contributed by atoms with Crippen molar-refractivity contribution in [1.82, 2.24) is 15.5 Å². The monoisotopic (exact) mass is 285 g/mol. The Balaban J connectivity index is 2.04. The minimum absolute atomic E-state index is 0.140. The van der Waals surface area contributed by atoms with Crippen LogP contribution in [-0.2, 0) is 11.3 Å². The van der Waals surface area contributed by atoms with Crippen molar-refractivity contribution in [3.63, 3.8) is 0 Å². The lowest BCUT2D eigenvalue weighted by Gasteiger charge is -2.08. The van der Waals surface area contributed by atoms with E-state index in [9.17, 15) is 4.79 Å². The van der Waals surface area contributed by atoms with Crippen LogP contribution in [0.15, 0.2) is 36.5 Å². The molecule has 0 aliphatic carbocycles. The molecule has 2 aromatic rings. The van der Waals surface area contributed by atoms with Crippen LogP contribution < -0.4 is 10.1 Å². The fraction of sp³-hybridized carbons (Fsp3) is 0.250. The predicted molar refractivity (Wildman–Crippen MR) is 81.8 cm³/mol. The Labute approximate surface area is 124 Å². The Morgan fingerprint density at radius 2 is 2.19 bits per heavy atom. The minimum Gasteiger partial charge on any atom is -0.496 e. The smallest absolute Gasteiger partial charge is 0.244 e. The third kappa shape index (κ3) is 3.72. The van der Waals surface area contributed by atoms with Gasteiger partial charge < -0.3 is 10.1 Å². The average Bonchev–Trinajstić information content (AvgIpc) is 2.90. The quantitative estimate of drug-likeness (QED) is 0.829. The summed E-state index contributed by atoms with van der Waals surface area (Å²) in [6, 6.07) is 7.62. The summed E-state index contributed by atoms with van der Waals surface area (Å²) in [6.07, 6.45) is 3.29. The fourth-order valence-electron chi connectivity index (χ4n) is 2.03. The number of H-pyrrole nitrogens is 1. The molecule has 110 valence electrons. The Hall–Kier alpha value is -2.56. The lowest BCUT2D eigenvalue weighted by molar-refractivity contribution is -0.116. The average molecular weight is 285 g/mol. The molecular weight excluding hydrogens is 266 g/mol. The van der Waals surface area contributed by atoms with E-state index in [-0.39, 0.29) is 5.91 Å². The van der Waals surface area contributed by atoms with E-state index in [4.69, 9.17) is 4.74 Å². The molecule has 0 spiro atoms. The molecule has 1 aromatic carbocycles. The highest BCUT2D eigenvalue weighted by molar-refractivity contribution is 5.95. The zero-order valence-electron chi connectivity index (χ0n) is 12.4. The van der Waals surface area contributed by atoms with Crippen LogP contribution in [0, 0.1) is 6.92 Å². The number of nitrogens with zero attached hydrogens (tertiary/aromatic N) is 1. The number of aryl methyl sites for hydroxylation is 1. The van der Waals surface area contributed by atoms with Crippen molar-refractivity contribution in [1.29, 1.82) is 0 Å². The number of amides is 1. The van der Waals surface area contributed by atoms with Gasteiger partial charge in [0.15, 0.2) is 0 Å². The van der Waals surface area contributed by atoms with Crippen molar-refractivity contribution < 1.29 is 9.53 Å². The van der Waals surface area contributed by atoms with E-state index in [2.05, 4.69) is 15.5 Å². The third-order valence-corrected chi connectivity index (χ3v) is 3.27. The summed E-state index contributed by atoms with van der Waals surface area (Å²) < 4.78 is 5.30. The first-order valence-corrected chi connectivity index (χ1v) is 6.70. The molecule has 2 rings (SSSR count). The first kappa shape index (κ1) is 14.8. The minimum atomic E-state index is -0.140. The summed E-state index contributed by atoms with van der Waals surface area (Å²) in [5.74, 6) is 0.615. The Morgan fingerprint density at radius 1 is 1.43 bits per heavy atom. The van der Waals surface area contributed by atoms with E-state index >= 15 is 0 Å². The van der Waals surface area contributed by atoms with Gasteiger partial charge in [0, 0.05) is 29.4 Å². The summed E-state index contributed by atoms with van der Waals surface area (Å²) in [6.45, 7) is 4.27. The number of aromatic amines is 1. The molecule has 0 unspecified atom stereocenters. The number of hydrogen-bond donors (Lipinski definition) is 2. The maximum atomic E-state index is 12.0. The number of carbonyl (C=O) groups excluding carboxylic acids is 1. The van der Waals surface area contributed by atoms with Gasteiger partial charge in [-0.05, 0) is 25.5 Å². The van der Waals surface area contributed by atoms with Crippen molar-refractivity contribution in [3.05, 3.63) is 53.4 Å². The molecule has 0 saturated carbocycles. The van der Waals surface area contributed by atoms with Gasteiger partial charge in [0.25, 0.3) is 0 Å². The molecule has 1 heterocycles. The van der Waals surface area contributed by atoms with Crippen LogP contribution >= 0.6 is 0 Å². The van der Waals surface area contributed by atoms with Crippen molar-refractivity contribution in [3.8, 4) is 5.75 Å². The predicted octanol–water partition coefficient (Wildman–Crippen LogP) is 2.45. The summed E-state index contributed by atoms with van der Waals surface area (Å²) in [5.41, 5.74) is 3.70. The first-order valence-electron chi connectivity index (χ1n) is 6.70. The third-order valence-electron chi connectivity index (χ3n) is 3.27. The molecule has 21 heavy (non-hydrogen) atoms. The second-order valence-corrected chi connectivity index (χ2v) is 4.77. The molecule has 0 aliphatic rings. The van der Waals surface area contributed by atoms with Crippen LogP contribution in [-0.4, -0.2) is 23.2 Å². The molecule has 1 aromatic heterocycles. The van der Waals surface area contributed by atoms with Gasteiger partial charge in [0.05, 0.1) is 13.3 Å². The number of ether oxygens (including phenoxy) is 1. The van der Waals surface area contributed by atoms with E-state index in [0.29, 0.717) is 6.54 Å². The first-order chi connectivity index (χ1) is 10.1. The Bertz CT molecular complexity index is 659. The Kier molecular flexibility index (Phi) is 4.77. The van der Waals surface area contributed by atoms with Crippen LogP contribution in [0.1, 0.15) is 23.7 Å². The molecule has 0 aliphatic heterocycles. The van der Waals surface area contributed by atoms with Gasteiger partial charge in [-0.15, -0.1) is 0 Å². The van der Waals surface area contributed by atoms with E-state index < -0.39 is 0 Å². The molecular formula is C16H19N3O2. The molecule has 0 fully saturated rings. The van der Waals surface area contributed by atoms with Crippen molar-refractivity contribution in [2.24, 2.45) is 0 Å². The summed E-state index contributed by atoms with van der Waals surface area (Å²) in [7, 11) is 1.62. The molecule has 0 saturated heterocycles. The Morgan fingerprint density at radius 3 is 2.86 bits per heavy atom. The van der Waals surface area contributed by atoms with Crippen LogP contribution in [0.3, 0.4) is 0 Å². The van der Waals surface area contributed by atoms with Crippen molar-refractivity contribution in [2.75, 3.05) is 7.11 Å². The topological polar surface area (TPSA) is 67.0 Å². The lowest BCUT2D eigenvalue weighted by atomic mass is 10.1. The van der Waals surface area contributed by atoms with Gasteiger partial charge in [-0.1, -0.05) is 18.2 Å². The van der Waals surface area contributed by atoms with E-state index in [0.717, 1.165) is 28.1 Å². The molecule has 5 nitrogen and oxygen atoms in total. The molecule has 0 radical (unpaired) electrons. The SMILES string of the molecule is COc1ccccc1/C(C)=C\C(=O)NCc1cn[nH]c1C. The van der Waals surface area contributed by atoms with Crippen molar-refractivity contribution >= 4 is 11.5 Å². The summed E-state index contributed by atoms with van der Waals surface area (Å²) >= 11 is 0. The van der Waals surface area contributed by atoms with Crippen molar-refractivity contribution in [2.45, 2.75) is 20.4 Å². The van der Waals surface area contributed by atoms with E-state index in [1.165, 1.54) is 0 Å². The standard InChI is InChI=1S/C16H19N3O2/c1-11(14-6-4-5-7-15(14)21-3)8-16(20)17-9-13-10-18-19-12(13)2/h4-8,10H,9H2,1-3H3,(H,17,20)(H,18,19)/b11-8-. The highest BCUT2D eigenvalue weighted by Crippen LogP contribution is 2.24. The zero-order chi connectivity index (χ0) is 15.2. The van der Waals surface area contributed by atoms with Gasteiger partial charge in [0.2, 0.25) is 5.91 Å². The van der Waals surface area contributed by atoms with Gasteiger partial charge in [-0.2, -0.15) is 5.10 Å². The number of para-hydroxylation sites is 1. The summed E-state index contributed by atoms with van der Waals surface area (Å²) in [4.78, 5) is 12.0. The molecule has 2 N–H and O–H groups in total. The zero-order valence-corrected chi connectivity index (χ0v) is 12.4. The van der Waals surface area contributed by atoms with Crippen LogP contribution in [0.4, 0.5) is 0 Å². The molecule has 1 amide bonds. The van der Waals surface area contributed by atoms with Gasteiger partial charge in [0.1, 0.15) is 5.75 Å². The number of hydrogen-bond acceptors (Lipinski definition) is 3. The fourth-order valence-corrected chi connectivity index (χ4v) is 2.03. The number of benzene rings is 1. The maximum Gasteiger partial charge on any atom is 0.244 e. The number of allylic oxidation sites excluding steroid dienone is 1. The molecule has 5 heteroatoms. The number of rotatable bonds is 5. The number of carbonyl (C=O) groups is 1. The lowest BCUT2D eigenvalue weighted by Crippen LogP contribution is -2.20. The number of methoxy groups -OCH3 is 1.